The van der Waals surface area contributed by atoms with Crippen molar-refractivity contribution in [2.45, 2.75) is 6.54 Å². The van der Waals surface area contributed by atoms with Crippen molar-refractivity contribution in [3.8, 4) is 11.3 Å². The first-order chi connectivity index (χ1) is 12.8. The van der Waals surface area contributed by atoms with Crippen LogP contribution in [0.2, 0.25) is 0 Å². The Bertz CT molecular complexity index is 826. The summed E-state index contributed by atoms with van der Waals surface area (Å²) in [5, 5.41) is 8.88. The van der Waals surface area contributed by atoms with Crippen LogP contribution in [0.4, 0.5) is 5.82 Å². The molecule has 4 nitrogen and oxygen atoms in total. The fraction of sp³-hybridized carbons (Fsp3) is 0.238. The largest absolute Gasteiger partial charge is 0.353 e. The lowest BCUT2D eigenvalue weighted by molar-refractivity contribution is 0.249. The molecule has 1 aliphatic rings. The molecule has 0 atom stereocenters. The highest BCUT2D eigenvalue weighted by atomic mass is 79.9. The fourth-order valence-electron chi connectivity index (χ4n) is 3.25. The van der Waals surface area contributed by atoms with Crippen LogP contribution in [-0.4, -0.2) is 41.3 Å². The first kappa shape index (κ1) is 17.2. The Hall–Kier alpha value is -2.24. The third kappa shape index (κ3) is 4.11. The molecule has 0 amide bonds. The predicted molar refractivity (Wildman–Crippen MR) is 109 cm³/mol. The second-order valence-electron chi connectivity index (χ2n) is 6.53. The van der Waals surface area contributed by atoms with Gasteiger partial charge in [0.1, 0.15) is 0 Å². The molecule has 0 unspecified atom stereocenters. The molecule has 2 aromatic carbocycles. The molecule has 132 valence electrons. The minimum Gasteiger partial charge on any atom is -0.353 e. The maximum absolute atomic E-state index is 4.46. The van der Waals surface area contributed by atoms with Crippen LogP contribution < -0.4 is 4.90 Å². The summed E-state index contributed by atoms with van der Waals surface area (Å²) in [4.78, 5) is 4.81. The lowest BCUT2D eigenvalue weighted by Gasteiger charge is -2.35. The van der Waals surface area contributed by atoms with Crippen molar-refractivity contribution in [2.24, 2.45) is 0 Å². The number of rotatable bonds is 4. The summed E-state index contributed by atoms with van der Waals surface area (Å²) in [6.07, 6.45) is 0. The third-order valence-electron chi connectivity index (χ3n) is 4.74. The summed E-state index contributed by atoms with van der Waals surface area (Å²) >= 11 is 3.46. The fourth-order valence-corrected chi connectivity index (χ4v) is 3.51. The molecule has 3 aromatic rings. The highest BCUT2D eigenvalue weighted by molar-refractivity contribution is 9.10. The zero-order chi connectivity index (χ0) is 17.8. The molecule has 1 fully saturated rings. The van der Waals surface area contributed by atoms with E-state index < -0.39 is 0 Å². The van der Waals surface area contributed by atoms with Gasteiger partial charge >= 0.3 is 0 Å². The molecule has 0 saturated carbocycles. The lowest BCUT2D eigenvalue weighted by atomic mass is 10.1. The van der Waals surface area contributed by atoms with E-state index in [0.717, 1.165) is 54.3 Å². The second-order valence-corrected chi connectivity index (χ2v) is 7.45. The molecular weight excluding hydrogens is 388 g/mol. The van der Waals surface area contributed by atoms with Crippen LogP contribution in [0.25, 0.3) is 11.3 Å². The van der Waals surface area contributed by atoms with E-state index in [2.05, 4.69) is 90.5 Å². The first-order valence-electron chi connectivity index (χ1n) is 8.89. The van der Waals surface area contributed by atoms with E-state index in [0.29, 0.717) is 0 Å². The average molecular weight is 409 g/mol. The van der Waals surface area contributed by atoms with Crippen molar-refractivity contribution >= 4 is 21.7 Å². The van der Waals surface area contributed by atoms with Crippen LogP contribution in [0, 0.1) is 0 Å². The summed E-state index contributed by atoms with van der Waals surface area (Å²) in [5.74, 6) is 0.963. The van der Waals surface area contributed by atoms with Crippen molar-refractivity contribution in [1.82, 2.24) is 15.1 Å². The molecule has 26 heavy (non-hydrogen) atoms. The first-order valence-corrected chi connectivity index (χ1v) is 9.68. The van der Waals surface area contributed by atoms with Gasteiger partial charge in [0.05, 0.1) is 5.69 Å². The van der Waals surface area contributed by atoms with Crippen molar-refractivity contribution in [3.05, 3.63) is 76.8 Å². The normalized spacial score (nSPS) is 15.2. The zero-order valence-corrected chi connectivity index (χ0v) is 16.1. The van der Waals surface area contributed by atoms with Gasteiger partial charge in [-0.2, -0.15) is 0 Å². The number of piperazine rings is 1. The summed E-state index contributed by atoms with van der Waals surface area (Å²) in [6.45, 7) is 5.08. The molecule has 0 spiro atoms. The standard InChI is InChI=1S/C21H21BrN4/c22-19-8-6-18(7-9-19)20-10-11-21(24-23-20)26-14-12-25(13-15-26)16-17-4-2-1-3-5-17/h1-11H,12-16H2. The van der Waals surface area contributed by atoms with Gasteiger partial charge in [-0.05, 0) is 29.8 Å². The number of benzene rings is 2. The summed E-state index contributed by atoms with van der Waals surface area (Å²) in [6, 6.07) is 23.0. The average Bonchev–Trinajstić information content (AvgIpc) is 2.70. The molecule has 2 heterocycles. The quantitative estimate of drug-likeness (QED) is 0.646. The van der Waals surface area contributed by atoms with E-state index in [9.17, 15) is 0 Å². The van der Waals surface area contributed by atoms with Crippen LogP contribution in [-0.2, 0) is 6.54 Å². The van der Waals surface area contributed by atoms with E-state index in [1.54, 1.807) is 0 Å². The number of hydrogen-bond acceptors (Lipinski definition) is 4. The maximum Gasteiger partial charge on any atom is 0.151 e. The Labute approximate surface area is 162 Å². The highest BCUT2D eigenvalue weighted by Gasteiger charge is 2.18. The molecule has 1 aliphatic heterocycles. The number of halogens is 1. The van der Waals surface area contributed by atoms with Gasteiger partial charge in [0.25, 0.3) is 0 Å². The van der Waals surface area contributed by atoms with Crippen LogP contribution in [0.1, 0.15) is 5.56 Å². The molecule has 4 rings (SSSR count). The van der Waals surface area contributed by atoms with Gasteiger partial charge in [-0.25, -0.2) is 0 Å². The Morgan fingerprint density at radius 3 is 2.15 bits per heavy atom. The van der Waals surface area contributed by atoms with Crippen molar-refractivity contribution in [1.29, 1.82) is 0 Å². The lowest BCUT2D eigenvalue weighted by Crippen LogP contribution is -2.46. The second kappa shape index (κ2) is 7.98. The Kier molecular flexibility index (Phi) is 5.27. The molecule has 5 heteroatoms. The van der Waals surface area contributed by atoms with Gasteiger partial charge in [0.2, 0.25) is 0 Å². The van der Waals surface area contributed by atoms with Crippen LogP contribution in [0.5, 0.6) is 0 Å². The van der Waals surface area contributed by atoms with Crippen LogP contribution in [0.15, 0.2) is 71.2 Å². The summed E-state index contributed by atoms with van der Waals surface area (Å²) in [7, 11) is 0. The predicted octanol–water partition coefficient (Wildman–Crippen LogP) is 4.23. The van der Waals surface area contributed by atoms with E-state index in [4.69, 9.17) is 0 Å². The van der Waals surface area contributed by atoms with E-state index in [1.165, 1.54) is 5.56 Å². The van der Waals surface area contributed by atoms with Crippen molar-refractivity contribution in [3.63, 3.8) is 0 Å². The summed E-state index contributed by atoms with van der Waals surface area (Å²) < 4.78 is 1.07. The minimum absolute atomic E-state index is 0.906. The van der Waals surface area contributed by atoms with Gasteiger partial charge in [-0.1, -0.05) is 58.4 Å². The topological polar surface area (TPSA) is 32.3 Å². The van der Waals surface area contributed by atoms with Crippen molar-refractivity contribution in [2.75, 3.05) is 31.1 Å². The van der Waals surface area contributed by atoms with E-state index in [-0.39, 0.29) is 0 Å². The Morgan fingerprint density at radius 1 is 0.769 bits per heavy atom. The number of aromatic nitrogens is 2. The molecular formula is C21H21BrN4. The third-order valence-corrected chi connectivity index (χ3v) is 5.26. The molecule has 0 aliphatic carbocycles. The van der Waals surface area contributed by atoms with Gasteiger partial charge in [0.15, 0.2) is 5.82 Å². The number of nitrogens with zero attached hydrogens (tertiary/aromatic N) is 4. The molecule has 0 radical (unpaired) electrons. The maximum atomic E-state index is 4.46. The number of hydrogen-bond donors (Lipinski definition) is 0. The summed E-state index contributed by atoms with van der Waals surface area (Å²) in [5.41, 5.74) is 3.36. The Balaban J connectivity index is 1.36. The minimum atomic E-state index is 0.906. The SMILES string of the molecule is Brc1ccc(-c2ccc(N3CCN(Cc4ccccc4)CC3)nn2)cc1. The van der Waals surface area contributed by atoms with Gasteiger partial charge in [-0.3, -0.25) is 4.90 Å². The van der Waals surface area contributed by atoms with Crippen molar-refractivity contribution < 1.29 is 0 Å². The van der Waals surface area contributed by atoms with Gasteiger partial charge < -0.3 is 4.90 Å². The van der Waals surface area contributed by atoms with Gasteiger partial charge in [0, 0.05) is 42.8 Å². The van der Waals surface area contributed by atoms with Gasteiger partial charge in [-0.15, -0.1) is 10.2 Å². The van der Waals surface area contributed by atoms with Crippen LogP contribution in [0.3, 0.4) is 0 Å². The van der Waals surface area contributed by atoms with E-state index in [1.807, 2.05) is 12.1 Å². The Morgan fingerprint density at radius 2 is 1.50 bits per heavy atom. The van der Waals surface area contributed by atoms with Crippen LogP contribution >= 0.6 is 15.9 Å². The zero-order valence-electron chi connectivity index (χ0n) is 14.6. The molecule has 1 aromatic heterocycles. The molecule has 0 N–H and O–H groups in total. The smallest absolute Gasteiger partial charge is 0.151 e. The highest BCUT2D eigenvalue weighted by Crippen LogP contribution is 2.21. The monoisotopic (exact) mass is 408 g/mol. The molecule has 1 saturated heterocycles. The molecule has 0 bridgehead atoms. The number of anilines is 1. The van der Waals surface area contributed by atoms with E-state index >= 15 is 0 Å².